The molecule has 0 spiro atoms. The second-order valence-corrected chi connectivity index (χ2v) is 9.31. The molecule has 0 N–H and O–H groups in total. The van der Waals surface area contributed by atoms with Crippen molar-refractivity contribution in [1.82, 2.24) is 30.0 Å². The summed E-state index contributed by atoms with van der Waals surface area (Å²) < 4.78 is 7.20. The zero-order chi connectivity index (χ0) is 22.9. The topological polar surface area (TPSA) is 83.5 Å². The molecular weight excluding hydrogens is 406 g/mol. The van der Waals surface area contributed by atoms with Crippen molar-refractivity contribution in [3.63, 3.8) is 0 Å². The summed E-state index contributed by atoms with van der Waals surface area (Å²) in [4.78, 5) is 19.0. The van der Waals surface area contributed by atoms with Gasteiger partial charge < -0.3 is 14.2 Å². The normalized spacial score (nSPS) is 16.2. The summed E-state index contributed by atoms with van der Waals surface area (Å²) in [5.41, 5.74) is 2.01. The molecule has 0 bridgehead atoms. The Kier molecular flexibility index (Phi) is 6.01. The summed E-state index contributed by atoms with van der Waals surface area (Å²) in [6, 6.07) is 11.9. The van der Waals surface area contributed by atoms with Crippen LogP contribution in [-0.4, -0.2) is 76.2 Å². The van der Waals surface area contributed by atoms with Gasteiger partial charge in [0.15, 0.2) is 11.6 Å². The minimum Gasteiger partial charge on any atom is -0.459 e. The SMILES string of the molecule is CN(C)c1ccc(C(c2nnnn2C(C)(C)C)N2CCN(C(=O)c3ccco3)CC2)cc1. The average Bonchev–Trinajstić information content (AvgIpc) is 3.47. The number of anilines is 1. The maximum absolute atomic E-state index is 12.7. The van der Waals surface area contributed by atoms with Crippen molar-refractivity contribution < 1.29 is 9.21 Å². The van der Waals surface area contributed by atoms with E-state index in [2.05, 4.69) is 70.4 Å². The molecule has 32 heavy (non-hydrogen) atoms. The Morgan fingerprint density at radius 2 is 1.75 bits per heavy atom. The highest BCUT2D eigenvalue weighted by Crippen LogP contribution is 2.31. The number of piperazine rings is 1. The van der Waals surface area contributed by atoms with Crippen molar-refractivity contribution in [3.8, 4) is 0 Å². The van der Waals surface area contributed by atoms with Crippen LogP contribution in [0.2, 0.25) is 0 Å². The number of hydrogen-bond acceptors (Lipinski definition) is 7. The van der Waals surface area contributed by atoms with E-state index in [-0.39, 0.29) is 17.5 Å². The molecule has 1 aliphatic heterocycles. The molecule has 1 atom stereocenters. The second kappa shape index (κ2) is 8.74. The molecule has 2 aromatic heterocycles. The summed E-state index contributed by atoms with van der Waals surface area (Å²) >= 11 is 0. The highest BCUT2D eigenvalue weighted by molar-refractivity contribution is 5.91. The molecule has 9 heteroatoms. The third-order valence-corrected chi connectivity index (χ3v) is 5.80. The molecule has 3 aromatic rings. The Morgan fingerprint density at radius 1 is 1.06 bits per heavy atom. The summed E-state index contributed by atoms with van der Waals surface area (Å²) in [5.74, 6) is 1.12. The van der Waals surface area contributed by atoms with Crippen molar-refractivity contribution >= 4 is 11.6 Å². The molecule has 1 aliphatic rings. The maximum atomic E-state index is 12.7. The molecule has 0 saturated carbocycles. The predicted octanol–water partition coefficient (Wildman–Crippen LogP) is 2.63. The third-order valence-electron chi connectivity index (χ3n) is 5.80. The van der Waals surface area contributed by atoms with Crippen LogP contribution in [0.5, 0.6) is 0 Å². The number of amides is 1. The Morgan fingerprint density at radius 3 is 2.31 bits per heavy atom. The monoisotopic (exact) mass is 437 g/mol. The molecule has 1 fully saturated rings. The quantitative estimate of drug-likeness (QED) is 0.607. The number of rotatable bonds is 5. The van der Waals surface area contributed by atoms with E-state index >= 15 is 0 Å². The molecule has 0 radical (unpaired) electrons. The van der Waals surface area contributed by atoms with Crippen LogP contribution in [-0.2, 0) is 5.54 Å². The first-order valence-electron chi connectivity index (χ1n) is 10.9. The lowest BCUT2D eigenvalue weighted by Crippen LogP contribution is -2.50. The lowest BCUT2D eigenvalue weighted by molar-refractivity contribution is 0.0556. The van der Waals surface area contributed by atoms with Crippen LogP contribution in [0.4, 0.5) is 5.69 Å². The van der Waals surface area contributed by atoms with Gasteiger partial charge in [-0.1, -0.05) is 12.1 Å². The van der Waals surface area contributed by atoms with E-state index in [0.717, 1.165) is 17.1 Å². The van der Waals surface area contributed by atoms with Gasteiger partial charge in [0.25, 0.3) is 5.91 Å². The van der Waals surface area contributed by atoms with Gasteiger partial charge in [0.2, 0.25) is 0 Å². The van der Waals surface area contributed by atoms with Gasteiger partial charge in [-0.25, -0.2) is 4.68 Å². The number of nitrogens with zero attached hydrogens (tertiary/aromatic N) is 7. The first kappa shape index (κ1) is 22.0. The number of tetrazole rings is 1. The van der Waals surface area contributed by atoms with Crippen LogP contribution in [0, 0.1) is 0 Å². The van der Waals surface area contributed by atoms with Gasteiger partial charge in [0.05, 0.1) is 17.8 Å². The maximum Gasteiger partial charge on any atom is 0.289 e. The molecule has 1 saturated heterocycles. The van der Waals surface area contributed by atoms with Gasteiger partial charge in [-0.2, -0.15) is 0 Å². The van der Waals surface area contributed by atoms with Crippen LogP contribution in [0.3, 0.4) is 0 Å². The fourth-order valence-electron chi connectivity index (χ4n) is 4.06. The predicted molar refractivity (Wildman–Crippen MR) is 122 cm³/mol. The Balaban J connectivity index is 1.62. The molecule has 1 unspecified atom stereocenters. The van der Waals surface area contributed by atoms with E-state index in [9.17, 15) is 4.79 Å². The molecule has 4 rings (SSSR count). The first-order valence-corrected chi connectivity index (χ1v) is 10.9. The van der Waals surface area contributed by atoms with E-state index in [1.54, 1.807) is 12.1 Å². The molecule has 0 aliphatic carbocycles. The molecule has 170 valence electrons. The number of carbonyl (C=O) groups excluding carboxylic acids is 1. The molecule has 1 aromatic carbocycles. The number of furan rings is 1. The van der Waals surface area contributed by atoms with E-state index in [4.69, 9.17) is 4.42 Å². The zero-order valence-corrected chi connectivity index (χ0v) is 19.4. The van der Waals surface area contributed by atoms with Gasteiger partial charge in [0, 0.05) is 46.0 Å². The summed E-state index contributed by atoms with van der Waals surface area (Å²) in [6.45, 7) is 8.94. The molecule has 3 heterocycles. The van der Waals surface area contributed by atoms with Gasteiger partial charge in [0.1, 0.15) is 0 Å². The van der Waals surface area contributed by atoms with Crippen LogP contribution >= 0.6 is 0 Å². The minimum atomic E-state index is -0.252. The molecule has 9 nitrogen and oxygen atoms in total. The largest absolute Gasteiger partial charge is 0.459 e. The smallest absolute Gasteiger partial charge is 0.289 e. The van der Waals surface area contributed by atoms with Gasteiger partial charge in [-0.3, -0.25) is 9.69 Å². The van der Waals surface area contributed by atoms with Crippen LogP contribution < -0.4 is 4.90 Å². The Labute approximate surface area is 188 Å². The number of benzene rings is 1. The van der Waals surface area contributed by atoms with Crippen molar-refractivity contribution in [2.45, 2.75) is 32.4 Å². The van der Waals surface area contributed by atoms with Gasteiger partial charge in [-0.15, -0.1) is 5.10 Å². The first-order chi connectivity index (χ1) is 15.3. The number of carbonyl (C=O) groups is 1. The van der Waals surface area contributed by atoms with Crippen LogP contribution in [0.1, 0.15) is 48.8 Å². The highest BCUT2D eigenvalue weighted by Gasteiger charge is 2.34. The van der Waals surface area contributed by atoms with Crippen molar-refractivity contribution in [3.05, 3.63) is 59.8 Å². The Hall–Kier alpha value is -3.20. The average molecular weight is 438 g/mol. The lowest BCUT2D eigenvalue weighted by Gasteiger charge is -2.39. The number of aromatic nitrogens is 4. The van der Waals surface area contributed by atoms with Crippen molar-refractivity contribution in [2.24, 2.45) is 0 Å². The fraction of sp³-hybridized carbons (Fsp3) is 0.478. The molecule has 1 amide bonds. The van der Waals surface area contributed by atoms with E-state index < -0.39 is 0 Å². The van der Waals surface area contributed by atoms with Crippen molar-refractivity contribution in [2.75, 3.05) is 45.2 Å². The van der Waals surface area contributed by atoms with Crippen molar-refractivity contribution in [1.29, 1.82) is 0 Å². The highest BCUT2D eigenvalue weighted by atomic mass is 16.3. The Bertz CT molecular complexity index is 1030. The van der Waals surface area contributed by atoms with Gasteiger partial charge in [-0.05, 0) is 61.0 Å². The van der Waals surface area contributed by atoms with Crippen LogP contribution in [0.15, 0.2) is 47.1 Å². The van der Waals surface area contributed by atoms with Gasteiger partial charge >= 0.3 is 0 Å². The van der Waals surface area contributed by atoms with E-state index in [1.807, 2.05) is 23.7 Å². The summed E-state index contributed by atoms with van der Waals surface area (Å²) in [5, 5.41) is 12.7. The van der Waals surface area contributed by atoms with Crippen LogP contribution in [0.25, 0.3) is 0 Å². The standard InChI is InChI=1S/C23H31N7O2/c1-23(2,3)30-21(24-25-26-30)20(17-8-10-18(11-9-17)27(4)5)28-12-14-29(15-13-28)22(31)19-7-6-16-32-19/h6-11,16,20H,12-15H2,1-5H3. The summed E-state index contributed by atoms with van der Waals surface area (Å²) in [7, 11) is 4.06. The van der Waals surface area contributed by atoms with E-state index in [0.29, 0.717) is 31.9 Å². The zero-order valence-electron chi connectivity index (χ0n) is 19.4. The number of hydrogen-bond donors (Lipinski definition) is 0. The summed E-state index contributed by atoms with van der Waals surface area (Å²) in [6.07, 6.45) is 1.53. The second-order valence-electron chi connectivity index (χ2n) is 9.31. The lowest BCUT2D eigenvalue weighted by atomic mass is 10.0. The molecular formula is C23H31N7O2. The fourth-order valence-corrected chi connectivity index (χ4v) is 4.06. The van der Waals surface area contributed by atoms with E-state index in [1.165, 1.54) is 6.26 Å². The minimum absolute atomic E-state index is 0.0685. The third kappa shape index (κ3) is 4.38.